The third kappa shape index (κ3) is 6.94. The van der Waals surface area contributed by atoms with E-state index in [1.807, 2.05) is 24.4 Å². The molecular weight excluding hydrogens is 348 g/mol. The summed E-state index contributed by atoms with van der Waals surface area (Å²) < 4.78 is 6.37. The van der Waals surface area contributed by atoms with Crippen LogP contribution in [0.3, 0.4) is 0 Å². The molecule has 124 valence electrons. The van der Waals surface area contributed by atoms with Gasteiger partial charge in [0.05, 0.1) is 19.1 Å². The summed E-state index contributed by atoms with van der Waals surface area (Å²) in [5.74, 6) is 0.243. The second-order valence-corrected chi connectivity index (χ2v) is 15.1. The predicted molar refractivity (Wildman–Crippen MR) is 106 cm³/mol. The molecular formula is C16H26O2S3Si. The van der Waals surface area contributed by atoms with Crippen LogP contribution >= 0.6 is 35.3 Å². The quantitative estimate of drug-likeness (QED) is 0.327. The van der Waals surface area contributed by atoms with E-state index in [1.165, 1.54) is 11.3 Å². The standard InChI is InChI=1S/C16H26O2S3Si/c1-6-12(2)18-16(19)21-15(22(3,4)5)10-9-13(17)14-8-7-11-20-14/h7-8,11-12,15H,6,9-10H2,1-5H3. The maximum absolute atomic E-state index is 12.2. The number of thiocarbonyl (C=S) groups is 1. The van der Waals surface area contributed by atoms with Gasteiger partial charge in [-0.25, -0.2) is 0 Å². The lowest BCUT2D eigenvalue weighted by molar-refractivity contribution is 0.0985. The van der Waals surface area contributed by atoms with Gasteiger partial charge >= 0.3 is 0 Å². The highest BCUT2D eigenvalue weighted by atomic mass is 32.2. The van der Waals surface area contributed by atoms with E-state index in [9.17, 15) is 4.79 Å². The molecule has 0 fully saturated rings. The van der Waals surface area contributed by atoms with Gasteiger partial charge in [-0.05, 0) is 43.4 Å². The summed E-state index contributed by atoms with van der Waals surface area (Å²) in [6, 6.07) is 3.83. The first kappa shape index (κ1) is 19.9. The zero-order valence-electron chi connectivity index (χ0n) is 14.0. The van der Waals surface area contributed by atoms with Gasteiger partial charge in [0.25, 0.3) is 0 Å². The van der Waals surface area contributed by atoms with Gasteiger partial charge in [-0.1, -0.05) is 44.4 Å². The molecule has 0 aliphatic carbocycles. The van der Waals surface area contributed by atoms with E-state index in [0.29, 0.717) is 15.7 Å². The van der Waals surface area contributed by atoms with Crippen LogP contribution in [0.5, 0.6) is 0 Å². The lowest BCUT2D eigenvalue weighted by Gasteiger charge is -2.28. The summed E-state index contributed by atoms with van der Waals surface area (Å²) in [5, 5.41) is 1.95. The zero-order valence-corrected chi connectivity index (χ0v) is 17.5. The molecule has 1 heterocycles. The molecule has 0 saturated heterocycles. The fourth-order valence-electron chi connectivity index (χ4n) is 1.88. The van der Waals surface area contributed by atoms with Gasteiger partial charge in [-0.3, -0.25) is 4.79 Å². The summed E-state index contributed by atoms with van der Waals surface area (Å²) in [4.78, 5) is 13.5. The smallest absolute Gasteiger partial charge is 0.220 e. The van der Waals surface area contributed by atoms with Crippen LogP contribution < -0.4 is 0 Å². The number of ether oxygens (including phenoxy) is 1. The van der Waals surface area contributed by atoms with Gasteiger partial charge in [0.2, 0.25) is 4.38 Å². The number of thioether (sulfide) groups is 1. The highest BCUT2D eigenvalue weighted by Crippen LogP contribution is 2.29. The topological polar surface area (TPSA) is 26.3 Å². The first-order chi connectivity index (χ1) is 10.2. The number of carbonyl (C=O) groups is 1. The van der Waals surface area contributed by atoms with Crippen molar-refractivity contribution in [1.82, 2.24) is 0 Å². The Morgan fingerprint density at radius 3 is 2.64 bits per heavy atom. The Balaban J connectivity index is 2.58. The molecule has 0 aromatic carbocycles. The number of hydrogen-bond acceptors (Lipinski definition) is 5. The molecule has 0 bridgehead atoms. The molecule has 0 spiro atoms. The molecule has 2 atom stereocenters. The molecule has 2 nitrogen and oxygen atoms in total. The maximum Gasteiger partial charge on any atom is 0.220 e. The summed E-state index contributed by atoms with van der Waals surface area (Å²) in [6.45, 7) is 11.1. The number of Topliss-reactive ketones (excluding diaryl/α,β-unsaturated/α-hetero) is 1. The van der Waals surface area contributed by atoms with Crippen molar-refractivity contribution in [2.24, 2.45) is 0 Å². The normalized spacial score (nSPS) is 14.4. The lowest BCUT2D eigenvalue weighted by Crippen LogP contribution is -2.37. The minimum absolute atomic E-state index is 0.162. The van der Waals surface area contributed by atoms with Gasteiger partial charge < -0.3 is 4.74 Å². The maximum atomic E-state index is 12.2. The Labute approximate surface area is 149 Å². The summed E-state index contributed by atoms with van der Waals surface area (Å²) in [6.07, 6.45) is 2.58. The number of rotatable bonds is 8. The minimum atomic E-state index is -1.42. The Morgan fingerprint density at radius 2 is 2.14 bits per heavy atom. The van der Waals surface area contributed by atoms with Crippen LogP contribution in [0.4, 0.5) is 0 Å². The molecule has 0 N–H and O–H groups in total. The van der Waals surface area contributed by atoms with Crippen molar-refractivity contribution in [1.29, 1.82) is 0 Å². The molecule has 0 saturated carbocycles. The Morgan fingerprint density at radius 1 is 1.45 bits per heavy atom. The molecule has 0 radical (unpaired) electrons. The third-order valence-electron chi connectivity index (χ3n) is 3.51. The summed E-state index contributed by atoms with van der Waals surface area (Å²) in [5.41, 5.74) is 0. The van der Waals surface area contributed by atoms with Gasteiger partial charge in [-0.2, -0.15) is 0 Å². The van der Waals surface area contributed by atoms with Crippen LogP contribution in [-0.2, 0) is 4.74 Å². The van der Waals surface area contributed by atoms with Gasteiger partial charge in [0.1, 0.15) is 0 Å². The molecule has 0 aliphatic heterocycles. The molecule has 1 rings (SSSR count). The Hall–Kier alpha value is -0.173. The van der Waals surface area contributed by atoms with Crippen LogP contribution in [0.1, 0.15) is 42.8 Å². The van der Waals surface area contributed by atoms with Crippen molar-refractivity contribution in [3.63, 3.8) is 0 Å². The average molecular weight is 375 g/mol. The van der Waals surface area contributed by atoms with Crippen molar-refractivity contribution in [2.45, 2.75) is 63.7 Å². The van der Waals surface area contributed by atoms with E-state index < -0.39 is 8.07 Å². The van der Waals surface area contributed by atoms with E-state index in [1.54, 1.807) is 11.8 Å². The molecule has 1 aromatic rings. The van der Waals surface area contributed by atoms with Gasteiger partial charge in [-0.15, -0.1) is 11.3 Å². The fraction of sp³-hybridized carbons (Fsp3) is 0.625. The second kappa shape index (κ2) is 9.20. The highest BCUT2D eigenvalue weighted by Gasteiger charge is 2.29. The molecule has 2 unspecified atom stereocenters. The van der Waals surface area contributed by atoms with E-state index in [4.69, 9.17) is 17.0 Å². The summed E-state index contributed by atoms with van der Waals surface area (Å²) >= 11 is 8.56. The Bertz CT molecular complexity index is 480. The molecule has 0 amide bonds. The lowest BCUT2D eigenvalue weighted by atomic mass is 10.2. The third-order valence-corrected chi connectivity index (χ3v) is 10.3. The van der Waals surface area contributed by atoms with Crippen LogP contribution in [-0.4, -0.2) is 29.2 Å². The first-order valence-electron chi connectivity index (χ1n) is 7.68. The second-order valence-electron chi connectivity index (χ2n) is 6.50. The number of carbonyl (C=O) groups excluding carboxylic acids is 1. The molecule has 6 heteroatoms. The fourth-order valence-corrected chi connectivity index (χ4v) is 6.78. The van der Waals surface area contributed by atoms with Crippen molar-refractivity contribution in [2.75, 3.05) is 0 Å². The number of ketones is 1. The number of thiophene rings is 1. The van der Waals surface area contributed by atoms with Crippen molar-refractivity contribution >= 4 is 53.6 Å². The first-order valence-corrected chi connectivity index (χ1v) is 13.4. The van der Waals surface area contributed by atoms with E-state index >= 15 is 0 Å². The number of hydrogen-bond donors (Lipinski definition) is 0. The minimum Gasteiger partial charge on any atom is -0.476 e. The predicted octanol–water partition coefficient (Wildman–Crippen LogP) is 5.79. The van der Waals surface area contributed by atoms with E-state index in [2.05, 4.69) is 26.6 Å². The van der Waals surface area contributed by atoms with Crippen LogP contribution in [0, 0.1) is 0 Å². The Kier molecular flexibility index (Phi) is 8.31. The van der Waals surface area contributed by atoms with Crippen LogP contribution in [0.15, 0.2) is 17.5 Å². The monoisotopic (exact) mass is 374 g/mol. The van der Waals surface area contributed by atoms with E-state index in [0.717, 1.165) is 17.7 Å². The largest absolute Gasteiger partial charge is 0.476 e. The van der Waals surface area contributed by atoms with Crippen LogP contribution in [0.25, 0.3) is 0 Å². The van der Waals surface area contributed by atoms with Gasteiger partial charge in [0.15, 0.2) is 5.78 Å². The van der Waals surface area contributed by atoms with Crippen molar-refractivity contribution in [3.05, 3.63) is 22.4 Å². The average Bonchev–Trinajstić information content (AvgIpc) is 2.95. The van der Waals surface area contributed by atoms with Crippen LogP contribution in [0.2, 0.25) is 19.6 Å². The SMILES string of the molecule is CCC(C)OC(=S)SC(CCC(=O)c1cccs1)[Si](C)(C)C. The van der Waals surface area contributed by atoms with E-state index in [-0.39, 0.29) is 11.9 Å². The highest BCUT2D eigenvalue weighted by molar-refractivity contribution is 8.23. The molecule has 22 heavy (non-hydrogen) atoms. The van der Waals surface area contributed by atoms with Crippen molar-refractivity contribution in [3.8, 4) is 0 Å². The zero-order chi connectivity index (χ0) is 16.8. The molecule has 1 aromatic heterocycles. The van der Waals surface area contributed by atoms with Crippen molar-refractivity contribution < 1.29 is 9.53 Å². The van der Waals surface area contributed by atoms with Gasteiger partial charge in [0, 0.05) is 11.3 Å². The molecule has 0 aliphatic rings. The summed E-state index contributed by atoms with van der Waals surface area (Å²) in [7, 11) is -1.42.